The molecular formula is C14H17N3O4. The molecule has 1 fully saturated rings. The number of hydrogen-bond donors (Lipinski definition) is 3. The van der Waals surface area contributed by atoms with E-state index in [2.05, 4.69) is 16.0 Å². The summed E-state index contributed by atoms with van der Waals surface area (Å²) in [6, 6.07) is 5.13. The summed E-state index contributed by atoms with van der Waals surface area (Å²) in [6.45, 7) is 3.45. The van der Waals surface area contributed by atoms with Gasteiger partial charge in [-0.3, -0.25) is 9.59 Å². The van der Waals surface area contributed by atoms with Crippen LogP contribution in [0.25, 0.3) is 0 Å². The maximum atomic E-state index is 12.1. The molecule has 2 unspecified atom stereocenters. The third-order valence-corrected chi connectivity index (χ3v) is 3.40. The van der Waals surface area contributed by atoms with E-state index >= 15 is 0 Å². The number of carbonyl (C=O) groups excluding carboxylic acids is 2. The second-order valence-electron chi connectivity index (χ2n) is 5.01. The van der Waals surface area contributed by atoms with E-state index in [1.807, 2.05) is 0 Å². The van der Waals surface area contributed by atoms with Gasteiger partial charge < -0.3 is 25.4 Å². The van der Waals surface area contributed by atoms with Crippen LogP contribution in [-0.2, 0) is 14.3 Å². The molecule has 3 N–H and O–H groups in total. The van der Waals surface area contributed by atoms with Crippen LogP contribution in [0.3, 0.4) is 0 Å². The molecule has 3 rings (SSSR count). The fraction of sp³-hybridized carbons (Fsp3) is 0.429. The Morgan fingerprint density at radius 1 is 1.43 bits per heavy atom. The van der Waals surface area contributed by atoms with Crippen molar-refractivity contribution in [2.45, 2.75) is 19.1 Å². The van der Waals surface area contributed by atoms with E-state index in [4.69, 9.17) is 9.47 Å². The summed E-state index contributed by atoms with van der Waals surface area (Å²) in [7, 11) is 0. The third-order valence-electron chi connectivity index (χ3n) is 3.40. The fourth-order valence-corrected chi connectivity index (χ4v) is 2.24. The lowest BCUT2D eigenvalue weighted by Crippen LogP contribution is -2.45. The van der Waals surface area contributed by atoms with Crippen LogP contribution in [0.2, 0.25) is 0 Å². The van der Waals surface area contributed by atoms with Gasteiger partial charge in [-0.1, -0.05) is 0 Å². The van der Waals surface area contributed by atoms with Crippen molar-refractivity contribution in [2.24, 2.45) is 0 Å². The summed E-state index contributed by atoms with van der Waals surface area (Å²) >= 11 is 0. The molecule has 2 atom stereocenters. The van der Waals surface area contributed by atoms with E-state index < -0.39 is 12.2 Å². The van der Waals surface area contributed by atoms with E-state index in [0.29, 0.717) is 30.3 Å². The molecule has 2 aliphatic heterocycles. The molecule has 2 amide bonds. The topological polar surface area (TPSA) is 88.7 Å². The fourth-order valence-electron chi connectivity index (χ4n) is 2.24. The number of rotatable bonds is 2. The van der Waals surface area contributed by atoms with Crippen molar-refractivity contribution in [2.75, 3.05) is 30.3 Å². The van der Waals surface area contributed by atoms with E-state index in [0.717, 1.165) is 6.54 Å². The van der Waals surface area contributed by atoms with Gasteiger partial charge in [-0.2, -0.15) is 0 Å². The van der Waals surface area contributed by atoms with Crippen LogP contribution in [0.4, 0.5) is 11.4 Å². The molecule has 2 heterocycles. The normalized spacial score (nSPS) is 24.5. The van der Waals surface area contributed by atoms with Crippen LogP contribution in [0.15, 0.2) is 18.2 Å². The molecule has 0 aromatic heterocycles. The predicted octanol–water partition coefficient (Wildman–Crippen LogP) is 0.333. The predicted molar refractivity (Wildman–Crippen MR) is 76.4 cm³/mol. The lowest BCUT2D eigenvalue weighted by Gasteiger charge is -2.25. The minimum absolute atomic E-state index is 0.203. The maximum Gasteiger partial charge on any atom is 0.265 e. The molecule has 7 nitrogen and oxygen atoms in total. The largest absolute Gasteiger partial charge is 0.479 e. The van der Waals surface area contributed by atoms with Gasteiger partial charge >= 0.3 is 0 Å². The molecule has 7 heteroatoms. The van der Waals surface area contributed by atoms with Gasteiger partial charge in [0.25, 0.3) is 11.8 Å². The van der Waals surface area contributed by atoms with Crippen molar-refractivity contribution < 1.29 is 19.1 Å². The highest BCUT2D eigenvalue weighted by Crippen LogP contribution is 2.32. The van der Waals surface area contributed by atoms with Crippen molar-refractivity contribution >= 4 is 23.2 Å². The van der Waals surface area contributed by atoms with E-state index in [1.54, 1.807) is 25.1 Å². The number of morpholine rings is 1. The highest BCUT2D eigenvalue weighted by atomic mass is 16.5. The highest BCUT2D eigenvalue weighted by Gasteiger charge is 2.25. The van der Waals surface area contributed by atoms with Crippen molar-refractivity contribution in [3.63, 3.8) is 0 Å². The van der Waals surface area contributed by atoms with Gasteiger partial charge in [-0.15, -0.1) is 0 Å². The van der Waals surface area contributed by atoms with Crippen molar-refractivity contribution in [1.82, 2.24) is 5.32 Å². The Morgan fingerprint density at radius 2 is 2.29 bits per heavy atom. The van der Waals surface area contributed by atoms with Gasteiger partial charge in [0.1, 0.15) is 11.9 Å². The molecule has 112 valence electrons. The number of carbonyl (C=O) groups is 2. The van der Waals surface area contributed by atoms with Gasteiger partial charge in [0, 0.05) is 18.8 Å². The number of fused-ring (bicyclic) bond motifs is 1. The molecule has 1 saturated heterocycles. The molecular weight excluding hydrogens is 274 g/mol. The van der Waals surface area contributed by atoms with Gasteiger partial charge in [0.15, 0.2) is 6.10 Å². The van der Waals surface area contributed by atoms with Gasteiger partial charge in [-0.05, 0) is 25.1 Å². The number of benzene rings is 1. The monoisotopic (exact) mass is 291 g/mol. The quantitative estimate of drug-likeness (QED) is 0.731. The molecule has 21 heavy (non-hydrogen) atoms. The van der Waals surface area contributed by atoms with Crippen molar-refractivity contribution in [3.8, 4) is 5.75 Å². The summed E-state index contributed by atoms with van der Waals surface area (Å²) in [6.07, 6.45) is -1.01. The van der Waals surface area contributed by atoms with E-state index in [9.17, 15) is 9.59 Å². The lowest BCUT2D eigenvalue weighted by atomic mass is 10.2. The second-order valence-corrected chi connectivity index (χ2v) is 5.01. The number of ether oxygens (including phenoxy) is 2. The smallest absolute Gasteiger partial charge is 0.265 e. The van der Waals surface area contributed by atoms with Gasteiger partial charge in [0.05, 0.1) is 12.3 Å². The van der Waals surface area contributed by atoms with Gasteiger partial charge in [0.2, 0.25) is 0 Å². The molecule has 1 aromatic carbocycles. The first-order chi connectivity index (χ1) is 10.1. The SMILES string of the molecule is CC1Oc2ccc(NC(=O)C3CNCCO3)cc2NC1=O. The molecule has 2 aliphatic rings. The summed E-state index contributed by atoms with van der Waals surface area (Å²) < 4.78 is 10.8. The van der Waals surface area contributed by atoms with Crippen LogP contribution in [-0.4, -0.2) is 43.7 Å². The minimum Gasteiger partial charge on any atom is -0.479 e. The van der Waals surface area contributed by atoms with E-state index in [1.165, 1.54) is 0 Å². The Hall–Kier alpha value is -2.12. The summed E-state index contributed by atoms with van der Waals surface area (Å²) in [5.74, 6) is 0.181. The maximum absolute atomic E-state index is 12.1. The van der Waals surface area contributed by atoms with Crippen molar-refractivity contribution in [1.29, 1.82) is 0 Å². The number of hydrogen-bond acceptors (Lipinski definition) is 5. The van der Waals surface area contributed by atoms with E-state index in [-0.39, 0.29) is 11.8 Å². The zero-order valence-corrected chi connectivity index (χ0v) is 11.6. The van der Waals surface area contributed by atoms with Crippen LogP contribution in [0.5, 0.6) is 5.75 Å². The molecule has 1 aromatic rings. The first-order valence-electron chi connectivity index (χ1n) is 6.88. The zero-order valence-electron chi connectivity index (χ0n) is 11.6. The Bertz CT molecular complexity index is 569. The molecule has 0 bridgehead atoms. The third kappa shape index (κ3) is 2.98. The Labute approximate surface area is 122 Å². The second kappa shape index (κ2) is 5.71. The highest BCUT2D eigenvalue weighted by molar-refractivity contribution is 5.99. The zero-order chi connectivity index (χ0) is 14.8. The number of nitrogens with one attached hydrogen (secondary N) is 3. The summed E-state index contributed by atoms with van der Waals surface area (Å²) in [4.78, 5) is 23.6. The average Bonchev–Trinajstić information content (AvgIpc) is 2.49. The van der Waals surface area contributed by atoms with Gasteiger partial charge in [-0.25, -0.2) is 0 Å². The van der Waals surface area contributed by atoms with Crippen LogP contribution in [0.1, 0.15) is 6.92 Å². The van der Waals surface area contributed by atoms with Crippen LogP contribution >= 0.6 is 0 Å². The van der Waals surface area contributed by atoms with Crippen molar-refractivity contribution in [3.05, 3.63) is 18.2 Å². The average molecular weight is 291 g/mol. The summed E-state index contributed by atoms with van der Waals surface area (Å²) in [5, 5.41) is 8.62. The minimum atomic E-state index is -0.514. The molecule has 0 spiro atoms. The lowest BCUT2D eigenvalue weighted by molar-refractivity contribution is -0.128. The molecule has 0 radical (unpaired) electrons. The van der Waals surface area contributed by atoms with Crippen LogP contribution < -0.4 is 20.7 Å². The Kier molecular flexibility index (Phi) is 3.76. The Balaban J connectivity index is 1.70. The van der Waals surface area contributed by atoms with Crippen LogP contribution in [0, 0.1) is 0 Å². The summed E-state index contributed by atoms with van der Waals surface area (Å²) in [5.41, 5.74) is 1.14. The molecule has 0 saturated carbocycles. The standard InChI is InChI=1S/C14H17N3O4/c1-8-13(18)17-10-6-9(2-3-11(10)21-8)16-14(19)12-7-15-4-5-20-12/h2-3,6,8,12,15H,4-5,7H2,1H3,(H,16,19)(H,17,18). The first kappa shape index (κ1) is 13.8. The first-order valence-corrected chi connectivity index (χ1v) is 6.88. The molecule has 0 aliphatic carbocycles. The Morgan fingerprint density at radius 3 is 3.05 bits per heavy atom. The number of anilines is 2. The number of amides is 2.